The number of aromatic amines is 1. The Morgan fingerprint density at radius 3 is 3.14 bits per heavy atom. The third-order valence-corrected chi connectivity index (χ3v) is 4.24. The fourth-order valence-corrected chi connectivity index (χ4v) is 3.11. The summed E-state index contributed by atoms with van der Waals surface area (Å²) in [6.45, 7) is 5.23. The molecule has 1 aliphatic heterocycles. The van der Waals surface area contributed by atoms with E-state index in [1.165, 1.54) is 0 Å². The molecule has 0 aliphatic carbocycles. The first-order chi connectivity index (χ1) is 10.8. The number of rotatable bonds is 5. The first-order valence-electron chi connectivity index (χ1n) is 8.20. The van der Waals surface area contributed by atoms with Crippen LogP contribution in [0, 0.1) is 0 Å². The molecule has 1 fully saturated rings. The second-order valence-corrected chi connectivity index (χ2v) is 6.06. The number of nitrogens with one attached hydrogen (secondary N) is 2. The largest absolute Gasteiger partial charge is 0.355 e. The number of fused-ring (bicyclic) bond motifs is 1. The Balaban J connectivity index is 1.63. The second-order valence-electron chi connectivity index (χ2n) is 6.06. The normalized spacial score (nSPS) is 19.4. The standard InChI is InChI=1S/C17H24N4O/c1-2-9-18-16(22)12-21-10-5-6-13(11-21)17-19-14-7-3-4-8-15(14)20-17/h3-4,7-8,13H,2,5-6,9-12H2,1H3,(H,18,22)(H,19,20). The molecule has 1 unspecified atom stereocenters. The monoisotopic (exact) mass is 300 g/mol. The van der Waals surface area contributed by atoms with Crippen molar-refractivity contribution < 1.29 is 4.79 Å². The smallest absolute Gasteiger partial charge is 0.234 e. The van der Waals surface area contributed by atoms with Crippen molar-refractivity contribution >= 4 is 16.9 Å². The summed E-state index contributed by atoms with van der Waals surface area (Å²) in [5.74, 6) is 1.58. The van der Waals surface area contributed by atoms with Crippen molar-refractivity contribution in [3.8, 4) is 0 Å². The summed E-state index contributed by atoms with van der Waals surface area (Å²) in [5, 5.41) is 2.95. The lowest BCUT2D eigenvalue weighted by Gasteiger charge is -2.31. The zero-order valence-corrected chi connectivity index (χ0v) is 13.1. The molecule has 2 heterocycles. The highest BCUT2D eigenvalue weighted by atomic mass is 16.2. The highest BCUT2D eigenvalue weighted by Crippen LogP contribution is 2.26. The maximum absolute atomic E-state index is 11.9. The van der Waals surface area contributed by atoms with Crippen molar-refractivity contribution in [3.63, 3.8) is 0 Å². The van der Waals surface area contributed by atoms with Crippen molar-refractivity contribution in [2.45, 2.75) is 32.1 Å². The van der Waals surface area contributed by atoms with E-state index in [0.29, 0.717) is 12.5 Å². The van der Waals surface area contributed by atoms with Crippen LogP contribution in [0.25, 0.3) is 11.0 Å². The van der Waals surface area contributed by atoms with E-state index in [0.717, 1.165) is 55.8 Å². The van der Waals surface area contributed by atoms with Crippen LogP contribution in [0.15, 0.2) is 24.3 Å². The zero-order chi connectivity index (χ0) is 15.4. The van der Waals surface area contributed by atoms with Gasteiger partial charge in [0, 0.05) is 19.0 Å². The van der Waals surface area contributed by atoms with Crippen molar-refractivity contribution in [2.24, 2.45) is 0 Å². The second kappa shape index (κ2) is 6.92. The number of aromatic nitrogens is 2. The Morgan fingerprint density at radius 2 is 2.32 bits per heavy atom. The van der Waals surface area contributed by atoms with Crippen molar-refractivity contribution in [2.75, 3.05) is 26.2 Å². The molecule has 2 N–H and O–H groups in total. The molecule has 1 amide bonds. The zero-order valence-electron chi connectivity index (χ0n) is 13.1. The number of H-pyrrole nitrogens is 1. The molecule has 0 radical (unpaired) electrons. The molecule has 0 spiro atoms. The maximum Gasteiger partial charge on any atom is 0.234 e. The van der Waals surface area contributed by atoms with Crippen LogP contribution < -0.4 is 5.32 Å². The van der Waals surface area contributed by atoms with Gasteiger partial charge in [-0.25, -0.2) is 4.98 Å². The van der Waals surface area contributed by atoms with Crippen LogP contribution >= 0.6 is 0 Å². The summed E-state index contributed by atoms with van der Waals surface area (Å²) >= 11 is 0. The van der Waals surface area contributed by atoms with Gasteiger partial charge in [-0.1, -0.05) is 19.1 Å². The summed E-state index contributed by atoms with van der Waals surface area (Å²) < 4.78 is 0. The van der Waals surface area contributed by atoms with Crippen LogP contribution in [0.2, 0.25) is 0 Å². The lowest BCUT2D eigenvalue weighted by atomic mass is 9.97. The molecule has 1 aromatic carbocycles. The summed E-state index contributed by atoms with van der Waals surface area (Å²) in [7, 11) is 0. The molecule has 1 aromatic heterocycles. The number of hydrogen-bond donors (Lipinski definition) is 2. The minimum Gasteiger partial charge on any atom is -0.355 e. The number of amides is 1. The van der Waals surface area contributed by atoms with Gasteiger partial charge in [-0.15, -0.1) is 0 Å². The van der Waals surface area contributed by atoms with E-state index in [1.807, 2.05) is 18.2 Å². The Kier molecular flexibility index (Phi) is 4.73. The number of likely N-dealkylation sites (tertiary alicyclic amines) is 1. The van der Waals surface area contributed by atoms with E-state index in [2.05, 4.69) is 28.2 Å². The molecular formula is C17H24N4O. The molecule has 118 valence electrons. The molecule has 0 saturated carbocycles. The number of para-hydroxylation sites is 2. The predicted octanol–water partition coefficient (Wildman–Crippen LogP) is 2.27. The molecule has 5 nitrogen and oxygen atoms in total. The molecule has 22 heavy (non-hydrogen) atoms. The maximum atomic E-state index is 11.9. The fraction of sp³-hybridized carbons (Fsp3) is 0.529. The molecule has 1 atom stereocenters. The van der Waals surface area contributed by atoms with Gasteiger partial charge >= 0.3 is 0 Å². The Morgan fingerprint density at radius 1 is 1.45 bits per heavy atom. The molecule has 1 aliphatic rings. The number of imidazole rings is 1. The van der Waals surface area contributed by atoms with Gasteiger partial charge < -0.3 is 10.3 Å². The first kappa shape index (κ1) is 15.0. The summed E-state index contributed by atoms with van der Waals surface area (Å²) in [6, 6.07) is 8.13. The van der Waals surface area contributed by atoms with Crippen molar-refractivity contribution in [3.05, 3.63) is 30.1 Å². The van der Waals surface area contributed by atoms with Gasteiger partial charge in [0.15, 0.2) is 0 Å². The van der Waals surface area contributed by atoms with Gasteiger partial charge in [0.1, 0.15) is 5.82 Å². The van der Waals surface area contributed by atoms with Gasteiger partial charge in [-0.3, -0.25) is 9.69 Å². The van der Waals surface area contributed by atoms with Crippen molar-refractivity contribution in [1.29, 1.82) is 0 Å². The molecule has 3 rings (SSSR count). The SMILES string of the molecule is CCCNC(=O)CN1CCCC(c2nc3ccccc3[nH]2)C1. The Hall–Kier alpha value is -1.88. The molecular weight excluding hydrogens is 276 g/mol. The molecule has 2 aromatic rings. The lowest BCUT2D eigenvalue weighted by Crippen LogP contribution is -2.42. The van der Waals surface area contributed by atoms with E-state index in [9.17, 15) is 4.79 Å². The van der Waals surface area contributed by atoms with E-state index < -0.39 is 0 Å². The Labute approximate surface area is 131 Å². The lowest BCUT2D eigenvalue weighted by molar-refractivity contribution is -0.122. The average molecular weight is 300 g/mol. The predicted molar refractivity (Wildman–Crippen MR) is 87.8 cm³/mol. The number of carbonyl (C=O) groups is 1. The van der Waals surface area contributed by atoms with Gasteiger partial charge in [-0.2, -0.15) is 0 Å². The highest BCUT2D eigenvalue weighted by molar-refractivity contribution is 5.78. The number of nitrogens with zero attached hydrogens (tertiary/aromatic N) is 2. The third-order valence-electron chi connectivity index (χ3n) is 4.24. The minimum atomic E-state index is 0.132. The number of piperidine rings is 1. The topological polar surface area (TPSA) is 61.0 Å². The van der Waals surface area contributed by atoms with Crippen LogP contribution in [0.4, 0.5) is 0 Å². The number of carbonyl (C=O) groups excluding carboxylic acids is 1. The summed E-state index contributed by atoms with van der Waals surface area (Å²) in [5.41, 5.74) is 2.12. The minimum absolute atomic E-state index is 0.132. The van der Waals surface area contributed by atoms with E-state index in [-0.39, 0.29) is 5.91 Å². The highest BCUT2D eigenvalue weighted by Gasteiger charge is 2.24. The van der Waals surface area contributed by atoms with Crippen LogP contribution in [-0.2, 0) is 4.79 Å². The van der Waals surface area contributed by atoms with E-state index in [4.69, 9.17) is 4.98 Å². The number of hydrogen-bond acceptors (Lipinski definition) is 3. The van der Waals surface area contributed by atoms with E-state index >= 15 is 0 Å². The summed E-state index contributed by atoms with van der Waals surface area (Å²) in [6.07, 6.45) is 3.23. The van der Waals surface area contributed by atoms with Crippen LogP contribution in [0.3, 0.4) is 0 Å². The van der Waals surface area contributed by atoms with Crippen LogP contribution in [0.5, 0.6) is 0 Å². The third kappa shape index (κ3) is 3.47. The van der Waals surface area contributed by atoms with Gasteiger partial charge in [0.05, 0.1) is 17.6 Å². The average Bonchev–Trinajstić information content (AvgIpc) is 2.97. The van der Waals surface area contributed by atoms with Crippen LogP contribution in [-0.4, -0.2) is 47.0 Å². The molecule has 5 heteroatoms. The van der Waals surface area contributed by atoms with E-state index in [1.54, 1.807) is 0 Å². The molecule has 1 saturated heterocycles. The fourth-order valence-electron chi connectivity index (χ4n) is 3.11. The van der Waals surface area contributed by atoms with Crippen molar-refractivity contribution in [1.82, 2.24) is 20.2 Å². The van der Waals surface area contributed by atoms with Gasteiger partial charge in [0.25, 0.3) is 0 Å². The summed E-state index contributed by atoms with van der Waals surface area (Å²) in [4.78, 5) is 22.3. The first-order valence-corrected chi connectivity index (χ1v) is 8.20. The number of benzene rings is 1. The van der Waals surface area contributed by atoms with Crippen LogP contribution in [0.1, 0.15) is 37.9 Å². The quantitative estimate of drug-likeness (QED) is 0.890. The van der Waals surface area contributed by atoms with Gasteiger partial charge in [0.2, 0.25) is 5.91 Å². The Bertz CT molecular complexity index is 603. The van der Waals surface area contributed by atoms with Gasteiger partial charge in [-0.05, 0) is 37.9 Å². The molecule has 0 bridgehead atoms.